The monoisotopic (exact) mass is 730 g/mol. The van der Waals surface area contributed by atoms with Crippen LogP contribution >= 0.6 is 15.9 Å². The van der Waals surface area contributed by atoms with Crippen LogP contribution in [0, 0.1) is 17.8 Å². The van der Waals surface area contributed by atoms with Crippen molar-refractivity contribution in [3.63, 3.8) is 0 Å². The van der Waals surface area contributed by atoms with Gasteiger partial charge in [0.1, 0.15) is 17.4 Å². The van der Waals surface area contributed by atoms with E-state index >= 15 is 0 Å². The molecule has 3 amide bonds. The van der Waals surface area contributed by atoms with Gasteiger partial charge in [0.2, 0.25) is 17.7 Å². The summed E-state index contributed by atoms with van der Waals surface area (Å²) in [7, 11) is 0. The number of aliphatic hydroxyl groups excluding tert-OH is 1. The Balaban J connectivity index is 1.53. The Morgan fingerprint density at radius 2 is 1.83 bits per heavy atom. The Morgan fingerprint density at radius 1 is 1.15 bits per heavy atom. The first-order chi connectivity index (χ1) is 23.2. The number of alkyl halides is 1. The van der Waals surface area contributed by atoms with Crippen molar-refractivity contribution in [3.8, 4) is 5.75 Å². The number of nitrogens with zero attached hydrogens (tertiary/aromatic N) is 4. The topological polar surface area (TPSA) is 112 Å². The number of ether oxygens (including phenoxy) is 3. The van der Waals surface area contributed by atoms with E-state index in [0.717, 1.165) is 13.1 Å². The highest BCUT2D eigenvalue weighted by atomic mass is 79.9. The van der Waals surface area contributed by atoms with Gasteiger partial charge in [0.05, 0.1) is 50.4 Å². The molecule has 0 radical (unpaired) electrons. The highest BCUT2D eigenvalue weighted by molar-refractivity contribution is 9.09. The Labute approximate surface area is 293 Å². The van der Waals surface area contributed by atoms with Gasteiger partial charge >= 0.3 is 0 Å². The number of carbonyl (C=O) groups is 3. The molecular formula is C36H51BrN4O7. The van der Waals surface area contributed by atoms with Crippen molar-refractivity contribution in [1.29, 1.82) is 0 Å². The first-order valence-electron chi connectivity index (χ1n) is 17.3. The van der Waals surface area contributed by atoms with Gasteiger partial charge in [0.25, 0.3) is 0 Å². The maximum absolute atomic E-state index is 14.9. The number of hydrogen-bond acceptors (Lipinski definition) is 8. The standard InChI is InChI=1S/C36H51BrN4O7/c1-6-14-39(17-16-38-18-20-46-21-19-38)35(45)32-36-22-27(37)31(48-36)29(30(36)34(44)41(32)28(23-42)24(5)8-3)33(43)40(15-7-2)25-10-12-26(13-11-25)47-9-4/h6-7,10-13,24,27-32,42H,1-2,8-9,14-23H2,3-5H3/t24-,27?,28-,29-,30-,31-,32?,36?/m0/s1. The third-order valence-corrected chi connectivity index (χ3v) is 11.4. The number of benzene rings is 1. The molecule has 4 saturated heterocycles. The fraction of sp³-hybridized carbons (Fsp3) is 0.639. The Bertz CT molecular complexity index is 1320. The molecule has 4 heterocycles. The van der Waals surface area contributed by atoms with Crippen LogP contribution in [0.5, 0.6) is 5.75 Å². The van der Waals surface area contributed by atoms with Crippen molar-refractivity contribution in [2.24, 2.45) is 17.8 Å². The quantitative estimate of drug-likeness (QED) is 0.204. The van der Waals surface area contributed by atoms with E-state index in [1.165, 1.54) is 0 Å². The van der Waals surface area contributed by atoms with E-state index in [4.69, 9.17) is 14.2 Å². The first kappa shape index (κ1) is 36.5. The fourth-order valence-corrected chi connectivity index (χ4v) is 8.97. The highest BCUT2D eigenvalue weighted by Crippen LogP contribution is 2.61. The normalized spacial score (nSPS) is 29.3. The molecule has 0 aliphatic carbocycles. The van der Waals surface area contributed by atoms with Crippen LogP contribution in [0.2, 0.25) is 0 Å². The Kier molecular flexibility index (Phi) is 12.1. The Hall–Kier alpha value is -2.77. The molecule has 0 aromatic heterocycles. The number of halogens is 1. The number of rotatable bonds is 16. The van der Waals surface area contributed by atoms with Crippen molar-refractivity contribution < 1.29 is 33.7 Å². The Morgan fingerprint density at radius 3 is 2.44 bits per heavy atom. The summed E-state index contributed by atoms with van der Waals surface area (Å²) in [6.07, 6.45) is 3.82. The highest BCUT2D eigenvalue weighted by Gasteiger charge is 2.77. The fourth-order valence-electron chi connectivity index (χ4n) is 8.03. The van der Waals surface area contributed by atoms with Gasteiger partial charge in [-0.2, -0.15) is 0 Å². The van der Waals surface area contributed by atoms with E-state index in [9.17, 15) is 19.5 Å². The van der Waals surface area contributed by atoms with E-state index in [0.29, 0.717) is 63.7 Å². The molecule has 5 rings (SSSR count). The molecule has 1 N–H and O–H groups in total. The number of carbonyl (C=O) groups excluding carboxylic acids is 3. The average molecular weight is 732 g/mol. The van der Waals surface area contributed by atoms with Crippen LogP contribution in [-0.4, -0.2) is 132 Å². The second kappa shape index (κ2) is 15.8. The van der Waals surface area contributed by atoms with Gasteiger partial charge in [-0.15, -0.1) is 13.2 Å². The summed E-state index contributed by atoms with van der Waals surface area (Å²) in [5.41, 5.74) is -0.597. The van der Waals surface area contributed by atoms with Gasteiger partial charge in [-0.05, 0) is 43.5 Å². The summed E-state index contributed by atoms with van der Waals surface area (Å²) >= 11 is 3.80. The van der Waals surface area contributed by atoms with Crippen LogP contribution in [0.3, 0.4) is 0 Å². The third-order valence-electron chi connectivity index (χ3n) is 10.6. The smallest absolute Gasteiger partial charge is 0.248 e. The van der Waals surface area contributed by atoms with Gasteiger partial charge in [-0.3, -0.25) is 19.3 Å². The van der Waals surface area contributed by atoms with Crippen molar-refractivity contribution in [3.05, 3.63) is 49.6 Å². The first-order valence-corrected chi connectivity index (χ1v) is 18.2. The lowest BCUT2D eigenvalue weighted by Crippen LogP contribution is -2.60. The van der Waals surface area contributed by atoms with E-state index in [1.807, 2.05) is 45.0 Å². The SMILES string of the molecule is C=CCN(CCN1CCOCC1)C(=O)C1N([C@@H](CO)[C@@H](C)CC)C(=O)[C@@H]2[C@H](C(=O)N(CC=C)c3ccc(OCC)cc3)[C@H]3OC12CC3Br. The van der Waals surface area contributed by atoms with E-state index in [-0.39, 0.29) is 41.6 Å². The van der Waals surface area contributed by atoms with Crippen molar-refractivity contribution in [2.75, 3.05) is 70.6 Å². The summed E-state index contributed by atoms with van der Waals surface area (Å²) in [6, 6.07) is 5.64. The van der Waals surface area contributed by atoms with E-state index < -0.39 is 35.6 Å². The molecule has 264 valence electrons. The minimum atomic E-state index is -1.24. The zero-order valence-electron chi connectivity index (χ0n) is 28.5. The molecule has 12 heteroatoms. The van der Waals surface area contributed by atoms with Crippen LogP contribution in [0.4, 0.5) is 5.69 Å². The summed E-state index contributed by atoms with van der Waals surface area (Å²) in [4.78, 5) is 51.4. The molecule has 11 nitrogen and oxygen atoms in total. The molecule has 0 saturated carbocycles. The molecule has 48 heavy (non-hydrogen) atoms. The second-order valence-corrected chi connectivity index (χ2v) is 14.4. The van der Waals surface area contributed by atoms with Crippen LogP contribution in [-0.2, 0) is 23.9 Å². The number of anilines is 1. The largest absolute Gasteiger partial charge is 0.494 e. The van der Waals surface area contributed by atoms with Gasteiger partial charge in [0, 0.05) is 49.8 Å². The van der Waals surface area contributed by atoms with Crippen molar-refractivity contribution in [1.82, 2.24) is 14.7 Å². The second-order valence-electron chi connectivity index (χ2n) is 13.2. The molecule has 8 atom stereocenters. The molecule has 1 aromatic carbocycles. The number of likely N-dealkylation sites (tertiary alicyclic amines) is 1. The number of fused-ring (bicyclic) bond motifs is 1. The lowest BCUT2D eigenvalue weighted by molar-refractivity contribution is -0.152. The number of hydrogen-bond donors (Lipinski definition) is 1. The summed E-state index contributed by atoms with van der Waals surface area (Å²) in [6.45, 7) is 18.4. The molecule has 4 fully saturated rings. The molecule has 3 unspecified atom stereocenters. The predicted molar refractivity (Wildman–Crippen MR) is 187 cm³/mol. The number of amides is 3. The minimum Gasteiger partial charge on any atom is -0.494 e. The molecule has 1 spiro atoms. The van der Waals surface area contributed by atoms with Crippen molar-refractivity contribution in [2.45, 2.75) is 62.2 Å². The lowest BCUT2D eigenvalue weighted by atomic mass is 9.70. The van der Waals surface area contributed by atoms with Crippen LogP contribution in [0.15, 0.2) is 49.6 Å². The number of morpholine rings is 1. The third kappa shape index (κ3) is 6.70. The van der Waals surface area contributed by atoms with Gasteiger partial charge in [0.15, 0.2) is 0 Å². The number of aliphatic hydroxyl groups is 1. The predicted octanol–water partition coefficient (Wildman–Crippen LogP) is 3.11. The molecular weight excluding hydrogens is 680 g/mol. The summed E-state index contributed by atoms with van der Waals surface area (Å²) < 4.78 is 17.9. The van der Waals surface area contributed by atoms with Crippen LogP contribution in [0.1, 0.15) is 33.6 Å². The summed E-state index contributed by atoms with van der Waals surface area (Å²) in [5, 5.41) is 10.7. The van der Waals surface area contributed by atoms with Gasteiger partial charge in [-0.1, -0.05) is 48.4 Å². The molecule has 1 aromatic rings. The summed E-state index contributed by atoms with van der Waals surface area (Å²) in [5.74, 6) is -1.97. The maximum Gasteiger partial charge on any atom is 0.248 e. The van der Waals surface area contributed by atoms with Gasteiger partial charge < -0.3 is 34.0 Å². The average Bonchev–Trinajstić information content (AvgIpc) is 3.69. The van der Waals surface area contributed by atoms with E-state index in [1.54, 1.807) is 26.9 Å². The molecule has 4 aliphatic heterocycles. The van der Waals surface area contributed by atoms with Crippen molar-refractivity contribution >= 4 is 39.3 Å². The zero-order valence-corrected chi connectivity index (χ0v) is 30.1. The van der Waals surface area contributed by atoms with Crippen LogP contribution < -0.4 is 9.64 Å². The molecule has 2 bridgehead atoms. The maximum atomic E-state index is 14.9. The van der Waals surface area contributed by atoms with E-state index in [2.05, 4.69) is 34.0 Å². The minimum absolute atomic E-state index is 0.0991. The zero-order chi connectivity index (χ0) is 34.6. The van der Waals surface area contributed by atoms with Gasteiger partial charge in [-0.25, -0.2) is 0 Å². The molecule has 4 aliphatic rings. The van der Waals surface area contributed by atoms with Crippen LogP contribution in [0.25, 0.3) is 0 Å². The lowest BCUT2D eigenvalue weighted by Gasteiger charge is -2.41.